The summed E-state index contributed by atoms with van der Waals surface area (Å²) in [5.74, 6) is 0. The van der Waals surface area contributed by atoms with Gasteiger partial charge in [-0.05, 0) is 51.1 Å². The molecule has 3 heterocycles. The van der Waals surface area contributed by atoms with Crippen molar-refractivity contribution in [2.45, 2.75) is 71.4 Å². The van der Waals surface area contributed by atoms with E-state index in [0.717, 1.165) is 25.9 Å². The molecule has 0 amide bonds. The van der Waals surface area contributed by atoms with E-state index < -0.39 is 6.10 Å². The molecule has 26 heavy (non-hydrogen) atoms. The van der Waals surface area contributed by atoms with Crippen LogP contribution in [-0.2, 0) is 0 Å². The summed E-state index contributed by atoms with van der Waals surface area (Å²) < 4.78 is 1.96. The molecular weight excluding hydrogens is 326 g/mol. The van der Waals surface area contributed by atoms with Gasteiger partial charge in [0.25, 0.3) is 0 Å². The van der Waals surface area contributed by atoms with Crippen molar-refractivity contribution in [1.29, 1.82) is 0 Å². The van der Waals surface area contributed by atoms with Crippen molar-refractivity contribution in [3.8, 4) is 0 Å². The number of likely N-dealkylation sites (tertiary alicyclic amines) is 2. The summed E-state index contributed by atoms with van der Waals surface area (Å²) in [5.41, 5.74) is 1.01. The van der Waals surface area contributed by atoms with Crippen LogP contribution in [0.5, 0.6) is 0 Å². The molecule has 0 spiro atoms. The van der Waals surface area contributed by atoms with Crippen molar-refractivity contribution in [3.63, 3.8) is 0 Å². The van der Waals surface area contributed by atoms with Gasteiger partial charge in [-0.25, -0.2) is 4.68 Å². The number of hydrogen-bond donors (Lipinski definition) is 1. The predicted octanol–water partition coefficient (Wildman–Crippen LogP) is 2.87. The minimum atomic E-state index is -0.538. The van der Waals surface area contributed by atoms with Gasteiger partial charge in [0, 0.05) is 26.2 Å². The molecule has 2 aliphatic heterocycles. The van der Waals surface area contributed by atoms with Crippen LogP contribution < -0.4 is 0 Å². The average molecular weight is 364 g/mol. The minimum Gasteiger partial charge on any atom is -0.387 e. The predicted molar refractivity (Wildman–Crippen MR) is 104 cm³/mol. The molecule has 148 valence electrons. The molecule has 2 fully saturated rings. The molecule has 2 saturated heterocycles. The molecule has 2 aliphatic rings. The van der Waals surface area contributed by atoms with Crippen LogP contribution in [0, 0.1) is 5.41 Å². The fourth-order valence-electron chi connectivity index (χ4n) is 4.56. The van der Waals surface area contributed by atoms with Gasteiger partial charge < -0.3 is 14.9 Å². The van der Waals surface area contributed by atoms with Crippen LogP contribution in [0.15, 0.2) is 6.20 Å². The second-order valence-electron chi connectivity index (χ2n) is 9.16. The summed E-state index contributed by atoms with van der Waals surface area (Å²) in [6.45, 7) is 13.8. The van der Waals surface area contributed by atoms with E-state index in [1.165, 1.54) is 51.9 Å². The average Bonchev–Trinajstić information content (AvgIpc) is 2.95. The topological polar surface area (TPSA) is 57.4 Å². The van der Waals surface area contributed by atoms with Crippen molar-refractivity contribution in [2.24, 2.45) is 5.41 Å². The third-order valence-electron chi connectivity index (χ3n) is 5.89. The van der Waals surface area contributed by atoms with E-state index in [0.29, 0.717) is 17.2 Å². The number of hydrogen-bond acceptors (Lipinski definition) is 5. The molecule has 0 saturated carbocycles. The summed E-state index contributed by atoms with van der Waals surface area (Å²) in [6, 6.07) is 0.417. The van der Waals surface area contributed by atoms with Crippen LogP contribution in [-0.4, -0.2) is 69.2 Å². The van der Waals surface area contributed by atoms with Gasteiger partial charge >= 0.3 is 0 Å². The Kier molecular flexibility index (Phi) is 6.70. The smallest absolute Gasteiger partial charge is 0.111 e. The first-order valence-corrected chi connectivity index (χ1v) is 10.5. The zero-order chi connectivity index (χ0) is 18.6. The third-order valence-corrected chi connectivity index (χ3v) is 5.89. The largest absolute Gasteiger partial charge is 0.387 e. The van der Waals surface area contributed by atoms with Crippen molar-refractivity contribution in [1.82, 2.24) is 24.8 Å². The Morgan fingerprint density at radius 2 is 1.62 bits per heavy atom. The van der Waals surface area contributed by atoms with Crippen LogP contribution in [0.4, 0.5) is 0 Å². The lowest BCUT2D eigenvalue weighted by Crippen LogP contribution is -2.45. The Hall–Kier alpha value is -0.980. The lowest BCUT2D eigenvalue weighted by molar-refractivity contribution is 0.0951. The van der Waals surface area contributed by atoms with Crippen LogP contribution in [0.3, 0.4) is 0 Å². The second-order valence-corrected chi connectivity index (χ2v) is 9.16. The Morgan fingerprint density at radius 3 is 2.15 bits per heavy atom. The van der Waals surface area contributed by atoms with Gasteiger partial charge in [0.1, 0.15) is 5.69 Å². The summed E-state index contributed by atoms with van der Waals surface area (Å²) in [7, 11) is 0. The highest BCUT2D eigenvalue weighted by molar-refractivity contribution is 4.97. The maximum Gasteiger partial charge on any atom is 0.111 e. The maximum atomic E-state index is 9.63. The van der Waals surface area contributed by atoms with Gasteiger partial charge in [0.2, 0.25) is 0 Å². The highest BCUT2D eigenvalue weighted by Gasteiger charge is 2.28. The Labute approximate surface area is 158 Å². The SMILES string of the molecule is C[C@@H](O)c1cn(C2CCN(CC(C)(C)CN3CCCCCC3)CC2)nn1. The summed E-state index contributed by atoms with van der Waals surface area (Å²) in [4.78, 5) is 5.31. The first kappa shape index (κ1) is 19.8. The molecule has 6 nitrogen and oxygen atoms in total. The van der Waals surface area contributed by atoms with E-state index in [1.54, 1.807) is 6.92 Å². The van der Waals surface area contributed by atoms with Gasteiger partial charge in [-0.15, -0.1) is 5.10 Å². The van der Waals surface area contributed by atoms with Crippen molar-refractivity contribution < 1.29 is 5.11 Å². The first-order chi connectivity index (χ1) is 12.4. The monoisotopic (exact) mass is 363 g/mol. The molecule has 1 N–H and O–H groups in total. The highest BCUT2D eigenvalue weighted by Crippen LogP contribution is 2.27. The van der Waals surface area contributed by atoms with E-state index in [-0.39, 0.29) is 0 Å². The van der Waals surface area contributed by atoms with Crippen LogP contribution >= 0.6 is 0 Å². The Morgan fingerprint density at radius 1 is 1.04 bits per heavy atom. The molecule has 1 aromatic heterocycles. The van der Waals surface area contributed by atoms with Crippen molar-refractivity contribution in [2.75, 3.05) is 39.3 Å². The molecule has 0 aromatic carbocycles. The van der Waals surface area contributed by atoms with E-state index in [2.05, 4.69) is 34.0 Å². The lowest BCUT2D eigenvalue weighted by atomic mass is 9.90. The van der Waals surface area contributed by atoms with Crippen LogP contribution in [0.1, 0.15) is 77.1 Å². The number of aliphatic hydroxyl groups excluding tert-OH is 1. The maximum absolute atomic E-state index is 9.63. The van der Waals surface area contributed by atoms with Gasteiger partial charge in [-0.3, -0.25) is 0 Å². The van der Waals surface area contributed by atoms with Crippen LogP contribution in [0.25, 0.3) is 0 Å². The summed E-state index contributed by atoms with van der Waals surface area (Å²) in [6.07, 6.45) is 9.15. The summed E-state index contributed by atoms with van der Waals surface area (Å²) >= 11 is 0. The normalized spacial score (nSPS) is 23.1. The van der Waals surface area contributed by atoms with E-state index >= 15 is 0 Å². The highest BCUT2D eigenvalue weighted by atomic mass is 16.3. The standard InChI is InChI=1S/C20H37N5O/c1-17(26)19-14-25(22-21-19)18-8-12-24(13-9-18)16-20(2,3)15-23-10-6-4-5-7-11-23/h14,17-18,26H,4-13,15-16H2,1-3H3/t17-/m1/s1. The molecule has 0 unspecified atom stereocenters. The van der Waals surface area contributed by atoms with Gasteiger partial charge in [0.05, 0.1) is 18.3 Å². The number of aromatic nitrogens is 3. The summed E-state index contributed by atoms with van der Waals surface area (Å²) in [5, 5.41) is 17.9. The molecule has 6 heteroatoms. The third kappa shape index (κ3) is 5.51. The fourth-order valence-corrected chi connectivity index (χ4v) is 4.56. The first-order valence-electron chi connectivity index (χ1n) is 10.5. The fraction of sp³-hybridized carbons (Fsp3) is 0.900. The van der Waals surface area contributed by atoms with Crippen molar-refractivity contribution in [3.05, 3.63) is 11.9 Å². The minimum absolute atomic E-state index is 0.337. The van der Waals surface area contributed by atoms with E-state index in [1.807, 2.05) is 10.9 Å². The van der Waals surface area contributed by atoms with Gasteiger partial charge in [0.15, 0.2) is 0 Å². The quantitative estimate of drug-likeness (QED) is 0.842. The Bertz CT molecular complexity index is 540. The molecule has 3 rings (SSSR count). The molecule has 0 radical (unpaired) electrons. The van der Waals surface area contributed by atoms with E-state index in [9.17, 15) is 5.11 Å². The Balaban J connectivity index is 1.46. The van der Waals surface area contributed by atoms with Crippen molar-refractivity contribution >= 4 is 0 Å². The molecular formula is C20H37N5O. The lowest BCUT2D eigenvalue weighted by Gasteiger charge is -2.39. The number of aliphatic hydroxyl groups is 1. The number of rotatable bonds is 6. The number of nitrogens with zero attached hydrogens (tertiary/aromatic N) is 5. The number of piperidine rings is 1. The van der Waals surface area contributed by atoms with Crippen LogP contribution in [0.2, 0.25) is 0 Å². The molecule has 0 aliphatic carbocycles. The van der Waals surface area contributed by atoms with E-state index in [4.69, 9.17) is 0 Å². The zero-order valence-electron chi connectivity index (χ0n) is 16.9. The van der Waals surface area contributed by atoms with Gasteiger partial charge in [-0.2, -0.15) is 0 Å². The second kappa shape index (κ2) is 8.81. The van der Waals surface area contributed by atoms with Gasteiger partial charge in [-0.1, -0.05) is 31.9 Å². The molecule has 1 aromatic rings. The molecule has 1 atom stereocenters. The molecule has 0 bridgehead atoms. The zero-order valence-corrected chi connectivity index (χ0v) is 16.9.